The third kappa shape index (κ3) is 3.40. The maximum atomic E-state index is 3.33. The fraction of sp³-hybridized carbons (Fsp3) is 0.385. The molecule has 0 amide bonds. The topological polar surface area (TPSA) is 12.0 Å². The van der Waals surface area contributed by atoms with E-state index in [0.29, 0.717) is 6.04 Å². The van der Waals surface area contributed by atoms with E-state index < -0.39 is 0 Å². The minimum Gasteiger partial charge on any atom is -0.310 e. The minimum absolute atomic E-state index is 0.318. The van der Waals surface area contributed by atoms with E-state index in [1.54, 1.807) is 11.8 Å². The highest BCUT2D eigenvalue weighted by molar-refractivity contribution is 7.98. The summed E-state index contributed by atoms with van der Waals surface area (Å²) in [5, 5.41) is 3.33. The zero-order valence-electron chi connectivity index (χ0n) is 9.87. The van der Waals surface area contributed by atoms with Gasteiger partial charge in [-0.05, 0) is 38.8 Å². The first-order valence-electron chi connectivity index (χ1n) is 5.14. The van der Waals surface area contributed by atoms with Crippen LogP contribution >= 0.6 is 11.8 Å². The quantitative estimate of drug-likeness (QED) is 0.615. The van der Waals surface area contributed by atoms with E-state index >= 15 is 0 Å². The Balaban J connectivity index is 3.06. The van der Waals surface area contributed by atoms with E-state index in [2.05, 4.69) is 55.8 Å². The molecule has 1 aromatic carbocycles. The molecule has 0 fully saturated rings. The van der Waals surface area contributed by atoms with E-state index in [9.17, 15) is 0 Å². The molecule has 1 N–H and O–H groups in total. The number of nitrogens with one attached hydrogen (secondary N) is 1. The van der Waals surface area contributed by atoms with Crippen molar-refractivity contribution in [1.82, 2.24) is 5.32 Å². The van der Waals surface area contributed by atoms with Crippen LogP contribution < -0.4 is 5.32 Å². The molecule has 1 rings (SSSR count). The highest BCUT2D eigenvalue weighted by Gasteiger charge is 2.09. The number of thioether (sulfide) groups is 1. The third-order valence-corrected chi connectivity index (χ3v) is 3.10. The number of rotatable bonds is 4. The second-order valence-corrected chi connectivity index (χ2v) is 4.60. The number of hydrogen-bond acceptors (Lipinski definition) is 2. The monoisotopic (exact) mass is 221 g/mol. The molecule has 0 heterocycles. The Morgan fingerprint density at radius 1 is 1.33 bits per heavy atom. The maximum absolute atomic E-state index is 3.33. The van der Waals surface area contributed by atoms with Crippen LogP contribution in [0.5, 0.6) is 0 Å². The van der Waals surface area contributed by atoms with Crippen molar-refractivity contribution in [3.8, 4) is 0 Å². The minimum atomic E-state index is 0.318. The molecule has 0 aliphatic heterocycles. The second-order valence-electron chi connectivity index (χ2n) is 3.75. The molecule has 82 valence electrons. The van der Waals surface area contributed by atoms with Gasteiger partial charge in [-0.25, -0.2) is 0 Å². The summed E-state index contributed by atoms with van der Waals surface area (Å²) in [6.07, 6.45) is 4.38. The van der Waals surface area contributed by atoms with Crippen molar-refractivity contribution in [1.29, 1.82) is 0 Å². The van der Waals surface area contributed by atoms with Crippen molar-refractivity contribution < 1.29 is 0 Å². The largest absolute Gasteiger partial charge is 0.310 e. The van der Waals surface area contributed by atoms with Gasteiger partial charge in [-0.15, -0.1) is 11.8 Å². The lowest BCUT2D eigenvalue weighted by molar-refractivity contribution is 0.698. The van der Waals surface area contributed by atoms with Crippen molar-refractivity contribution in [2.45, 2.75) is 24.8 Å². The van der Waals surface area contributed by atoms with Gasteiger partial charge in [0.15, 0.2) is 0 Å². The Labute approximate surface area is 97.0 Å². The summed E-state index contributed by atoms with van der Waals surface area (Å²) in [5.74, 6) is 0. The Kier molecular flexibility index (Phi) is 4.92. The predicted octanol–water partition coefficient (Wildman–Crippen LogP) is 3.64. The SMILES string of the molecule is CNC(C=C(C)C)c1ccccc1SC. The highest BCUT2D eigenvalue weighted by Crippen LogP contribution is 2.26. The molecule has 0 radical (unpaired) electrons. The lowest BCUT2D eigenvalue weighted by Gasteiger charge is -2.16. The fourth-order valence-electron chi connectivity index (χ4n) is 1.59. The summed E-state index contributed by atoms with van der Waals surface area (Å²) in [6.45, 7) is 4.26. The van der Waals surface area contributed by atoms with E-state index in [-0.39, 0.29) is 0 Å². The zero-order valence-corrected chi connectivity index (χ0v) is 10.7. The smallest absolute Gasteiger partial charge is 0.0517 e. The van der Waals surface area contributed by atoms with Gasteiger partial charge in [-0.1, -0.05) is 29.8 Å². The highest BCUT2D eigenvalue weighted by atomic mass is 32.2. The van der Waals surface area contributed by atoms with Crippen LogP contribution in [0, 0.1) is 0 Å². The van der Waals surface area contributed by atoms with E-state index in [4.69, 9.17) is 0 Å². The summed E-state index contributed by atoms with van der Waals surface area (Å²) < 4.78 is 0. The first kappa shape index (κ1) is 12.3. The first-order chi connectivity index (χ1) is 7.19. The van der Waals surface area contributed by atoms with Gasteiger partial charge in [0, 0.05) is 4.90 Å². The molecular weight excluding hydrogens is 202 g/mol. The average molecular weight is 221 g/mol. The summed E-state index contributed by atoms with van der Waals surface area (Å²) >= 11 is 1.80. The van der Waals surface area contributed by atoms with Crippen molar-refractivity contribution in [2.75, 3.05) is 13.3 Å². The van der Waals surface area contributed by atoms with Gasteiger partial charge in [-0.2, -0.15) is 0 Å². The molecule has 1 aromatic rings. The number of likely N-dealkylation sites (N-methyl/N-ethyl adjacent to an activating group) is 1. The summed E-state index contributed by atoms with van der Waals surface area (Å²) in [7, 11) is 2.00. The van der Waals surface area contributed by atoms with Gasteiger partial charge in [0.2, 0.25) is 0 Å². The summed E-state index contributed by atoms with van der Waals surface area (Å²) in [4.78, 5) is 1.34. The lowest BCUT2D eigenvalue weighted by Crippen LogP contribution is -2.15. The number of allylic oxidation sites excluding steroid dienone is 1. The van der Waals surface area contributed by atoms with Crippen molar-refractivity contribution in [3.05, 3.63) is 41.5 Å². The third-order valence-electron chi connectivity index (χ3n) is 2.28. The Hall–Kier alpha value is -0.730. The van der Waals surface area contributed by atoms with Crippen LogP contribution in [0.1, 0.15) is 25.5 Å². The molecule has 1 atom stereocenters. The average Bonchev–Trinajstić information content (AvgIpc) is 2.25. The molecule has 0 saturated carbocycles. The fourth-order valence-corrected chi connectivity index (χ4v) is 2.23. The van der Waals surface area contributed by atoms with Gasteiger partial charge in [0.25, 0.3) is 0 Å². The molecule has 0 saturated heterocycles. The maximum Gasteiger partial charge on any atom is 0.0517 e. The molecule has 1 nitrogen and oxygen atoms in total. The van der Waals surface area contributed by atoms with Gasteiger partial charge in [0.1, 0.15) is 0 Å². The molecule has 0 spiro atoms. The summed E-state index contributed by atoms with van der Waals surface area (Å²) in [5.41, 5.74) is 2.69. The number of hydrogen-bond donors (Lipinski definition) is 1. The molecule has 1 unspecified atom stereocenters. The van der Waals surface area contributed by atoms with Crippen LogP contribution in [-0.2, 0) is 0 Å². The van der Waals surface area contributed by atoms with Crippen LogP contribution in [0.3, 0.4) is 0 Å². The molecular formula is C13H19NS. The van der Waals surface area contributed by atoms with E-state index in [1.807, 2.05) is 7.05 Å². The van der Waals surface area contributed by atoms with Gasteiger partial charge >= 0.3 is 0 Å². The molecule has 0 bridgehead atoms. The van der Waals surface area contributed by atoms with Gasteiger partial charge < -0.3 is 5.32 Å². The zero-order chi connectivity index (χ0) is 11.3. The number of benzene rings is 1. The predicted molar refractivity (Wildman–Crippen MR) is 69.5 cm³/mol. The molecule has 0 aliphatic rings. The molecule has 0 aliphatic carbocycles. The Morgan fingerprint density at radius 2 is 2.00 bits per heavy atom. The standard InChI is InChI=1S/C13H19NS/c1-10(2)9-12(14-3)11-7-5-6-8-13(11)15-4/h5-9,12,14H,1-4H3. The van der Waals surface area contributed by atoms with Crippen molar-refractivity contribution in [2.24, 2.45) is 0 Å². The van der Waals surface area contributed by atoms with Gasteiger partial charge in [0.05, 0.1) is 6.04 Å². The Bertz CT molecular complexity index is 340. The normalized spacial score (nSPS) is 12.3. The van der Waals surface area contributed by atoms with E-state index in [1.165, 1.54) is 16.0 Å². The van der Waals surface area contributed by atoms with Crippen molar-refractivity contribution in [3.63, 3.8) is 0 Å². The van der Waals surface area contributed by atoms with Gasteiger partial charge in [-0.3, -0.25) is 0 Å². The van der Waals surface area contributed by atoms with Crippen LogP contribution in [0.25, 0.3) is 0 Å². The second kappa shape index (κ2) is 5.99. The molecule has 15 heavy (non-hydrogen) atoms. The lowest BCUT2D eigenvalue weighted by atomic mass is 10.0. The Morgan fingerprint density at radius 3 is 2.53 bits per heavy atom. The van der Waals surface area contributed by atoms with Crippen LogP contribution in [0.4, 0.5) is 0 Å². The van der Waals surface area contributed by atoms with Crippen LogP contribution in [0.15, 0.2) is 40.8 Å². The first-order valence-corrected chi connectivity index (χ1v) is 6.36. The molecule has 0 aromatic heterocycles. The van der Waals surface area contributed by atoms with Crippen LogP contribution in [0.2, 0.25) is 0 Å². The van der Waals surface area contributed by atoms with E-state index in [0.717, 1.165) is 0 Å². The summed E-state index contributed by atoms with van der Waals surface area (Å²) in [6, 6.07) is 8.86. The van der Waals surface area contributed by atoms with Crippen LogP contribution in [-0.4, -0.2) is 13.3 Å². The molecule has 2 heteroatoms. The van der Waals surface area contributed by atoms with Crippen molar-refractivity contribution >= 4 is 11.8 Å².